The minimum atomic E-state index is 0.0169. The third kappa shape index (κ3) is 4.73. The maximum atomic E-state index is 12.9. The van der Waals surface area contributed by atoms with Crippen LogP contribution in [0.4, 0.5) is 0 Å². The summed E-state index contributed by atoms with van der Waals surface area (Å²) in [6, 6.07) is 9.07. The van der Waals surface area contributed by atoms with Gasteiger partial charge in [0.15, 0.2) is 5.78 Å². The van der Waals surface area contributed by atoms with Crippen LogP contribution in [0.15, 0.2) is 34.9 Å². The lowest BCUT2D eigenvalue weighted by Crippen LogP contribution is -2.44. The van der Waals surface area contributed by atoms with E-state index in [-0.39, 0.29) is 23.7 Å². The number of Topliss-reactive ketones (excluding diaryl/α,β-unsaturated/α-hetero) is 1. The number of piperidine rings is 1. The predicted molar refractivity (Wildman–Crippen MR) is 112 cm³/mol. The van der Waals surface area contributed by atoms with Crippen molar-refractivity contribution in [3.05, 3.63) is 47.3 Å². The minimum absolute atomic E-state index is 0.0169. The highest BCUT2D eigenvalue weighted by Gasteiger charge is 2.32. The molecule has 1 aliphatic carbocycles. The fourth-order valence-electron chi connectivity index (χ4n) is 4.14. The fourth-order valence-corrected chi connectivity index (χ4v) is 4.14. The van der Waals surface area contributed by atoms with Crippen molar-refractivity contribution in [1.82, 2.24) is 10.1 Å². The number of amides is 1. The lowest BCUT2D eigenvalue weighted by atomic mass is 9.86. The van der Waals surface area contributed by atoms with E-state index in [1.54, 1.807) is 24.3 Å². The third-order valence-corrected chi connectivity index (χ3v) is 6.00. The summed E-state index contributed by atoms with van der Waals surface area (Å²) in [5, 5.41) is 3.96. The number of aromatic nitrogens is 1. The molecule has 1 aliphatic heterocycles. The van der Waals surface area contributed by atoms with E-state index in [4.69, 9.17) is 15.0 Å². The van der Waals surface area contributed by atoms with E-state index in [1.165, 1.54) is 0 Å². The Kier molecular flexibility index (Phi) is 6.18. The molecule has 1 aromatic carbocycles. The number of benzene rings is 1. The SMILES string of the molecule is C[C@@H]1C[C@H](CC(=O)c2cc(C3CC3)on2)CCN1C(=O)c1ccc(OCCN)cc1. The fraction of sp³-hybridized carbons (Fsp3) is 0.522. The second-order valence-corrected chi connectivity index (χ2v) is 8.42. The average Bonchev–Trinajstić information content (AvgIpc) is 3.48. The van der Waals surface area contributed by atoms with Crippen LogP contribution in [0.25, 0.3) is 0 Å². The molecule has 0 unspecified atom stereocenters. The molecule has 2 aliphatic rings. The van der Waals surface area contributed by atoms with Gasteiger partial charge in [-0.2, -0.15) is 0 Å². The number of carbonyl (C=O) groups excluding carboxylic acids is 2. The zero-order valence-electron chi connectivity index (χ0n) is 17.4. The van der Waals surface area contributed by atoms with Gasteiger partial charge in [-0.05, 0) is 62.8 Å². The van der Waals surface area contributed by atoms with Gasteiger partial charge in [0.05, 0.1) is 0 Å². The summed E-state index contributed by atoms with van der Waals surface area (Å²) in [6.45, 7) is 3.60. The van der Waals surface area contributed by atoms with Crippen molar-refractivity contribution in [2.75, 3.05) is 19.7 Å². The molecule has 0 bridgehead atoms. The van der Waals surface area contributed by atoms with Crippen molar-refractivity contribution in [3.8, 4) is 5.75 Å². The van der Waals surface area contributed by atoms with E-state index in [9.17, 15) is 9.59 Å². The number of hydrogen-bond donors (Lipinski definition) is 1. The molecule has 1 saturated heterocycles. The minimum Gasteiger partial charge on any atom is -0.492 e. The van der Waals surface area contributed by atoms with Crippen LogP contribution in [-0.2, 0) is 0 Å². The van der Waals surface area contributed by atoms with Crippen molar-refractivity contribution in [1.29, 1.82) is 0 Å². The van der Waals surface area contributed by atoms with E-state index in [0.29, 0.717) is 49.0 Å². The number of nitrogens with zero attached hydrogens (tertiary/aromatic N) is 2. The van der Waals surface area contributed by atoms with Gasteiger partial charge in [-0.15, -0.1) is 0 Å². The molecular weight excluding hydrogens is 382 g/mol. The van der Waals surface area contributed by atoms with Crippen LogP contribution in [0.2, 0.25) is 0 Å². The van der Waals surface area contributed by atoms with Crippen LogP contribution in [0, 0.1) is 5.92 Å². The molecule has 2 atom stereocenters. The molecule has 2 heterocycles. The van der Waals surface area contributed by atoms with E-state index in [1.807, 2.05) is 11.0 Å². The van der Waals surface area contributed by atoms with E-state index >= 15 is 0 Å². The number of nitrogens with two attached hydrogens (primary N) is 1. The van der Waals surface area contributed by atoms with Gasteiger partial charge in [-0.1, -0.05) is 5.16 Å². The molecule has 0 radical (unpaired) electrons. The van der Waals surface area contributed by atoms with Crippen molar-refractivity contribution < 1.29 is 18.8 Å². The summed E-state index contributed by atoms with van der Waals surface area (Å²) in [6.07, 6.45) is 4.32. The van der Waals surface area contributed by atoms with Crippen molar-refractivity contribution in [2.24, 2.45) is 11.7 Å². The molecule has 4 rings (SSSR count). The molecule has 2 fully saturated rings. The highest BCUT2D eigenvalue weighted by molar-refractivity contribution is 5.95. The Labute approximate surface area is 176 Å². The van der Waals surface area contributed by atoms with Crippen molar-refractivity contribution >= 4 is 11.7 Å². The number of ketones is 1. The van der Waals surface area contributed by atoms with Crippen LogP contribution in [0.3, 0.4) is 0 Å². The lowest BCUT2D eigenvalue weighted by molar-refractivity contribution is 0.0565. The molecule has 7 heteroatoms. The zero-order valence-corrected chi connectivity index (χ0v) is 17.4. The Bertz CT molecular complexity index is 888. The second-order valence-electron chi connectivity index (χ2n) is 8.42. The first-order chi connectivity index (χ1) is 14.5. The first-order valence-electron chi connectivity index (χ1n) is 10.8. The van der Waals surface area contributed by atoms with Gasteiger partial charge in [-0.25, -0.2) is 0 Å². The summed E-state index contributed by atoms with van der Waals surface area (Å²) in [5.74, 6) is 2.31. The summed E-state index contributed by atoms with van der Waals surface area (Å²) in [4.78, 5) is 27.4. The quantitative estimate of drug-likeness (QED) is 0.669. The monoisotopic (exact) mass is 411 g/mol. The Balaban J connectivity index is 1.30. The number of hydrogen-bond acceptors (Lipinski definition) is 6. The third-order valence-electron chi connectivity index (χ3n) is 6.00. The number of carbonyl (C=O) groups is 2. The van der Waals surface area contributed by atoms with E-state index in [0.717, 1.165) is 31.4 Å². The molecule has 7 nitrogen and oxygen atoms in total. The van der Waals surface area contributed by atoms with Crippen LogP contribution in [0.5, 0.6) is 5.75 Å². The van der Waals surface area contributed by atoms with Gasteiger partial charge in [0, 0.05) is 43.1 Å². The topological polar surface area (TPSA) is 98.7 Å². The van der Waals surface area contributed by atoms with Crippen LogP contribution in [-0.4, -0.2) is 47.5 Å². The van der Waals surface area contributed by atoms with E-state index in [2.05, 4.69) is 12.1 Å². The Morgan fingerprint density at radius 1 is 1.23 bits per heavy atom. The molecule has 30 heavy (non-hydrogen) atoms. The number of ether oxygens (including phenoxy) is 1. The molecule has 0 spiro atoms. The molecule has 1 amide bonds. The van der Waals surface area contributed by atoms with Gasteiger partial charge in [0.1, 0.15) is 23.8 Å². The predicted octanol–water partition coefficient (Wildman–Crippen LogP) is 3.40. The van der Waals surface area contributed by atoms with Gasteiger partial charge in [0.25, 0.3) is 5.91 Å². The van der Waals surface area contributed by atoms with Crippen LogP contribution < -0.4 is 10.5 Å². The van der Waals surface area contributed by atoms with Gasteiger partial charge in [-0.3, -0.25) is 9.59 Å². The van der Waals surface area contributed by atoms with Gasteiger partial charge >= 0.3 is 0 Å². The standard InChI is InChI=1S/C23H29N3O4/c1-15-12-16(13-21(27)20-14-22(30-25-20)17-2-3-17)8-10-26(15)23(28)18-4-6-19(7-5-18)29-11-9-24/h4-7,14-17H,2-3,8-13,24H2,1H3/t15-,16-/m1/s1. The van der Waals surface area contributed by atoms with Gasteiger partial charge in [0.2, 0.25) is 0 Å². The molecule has 1 aromatic heterocycles. The van der Waals surface area contributed by atoms with Gasteiger partial charge < -0.3 is 19.9 Å². The molecular formula is C23H29N3O4. The number of likely N-dealkylation sites (tertiary alicyclic amines) is 1. The molecule has 160 valence electrons. The van der Waals surface area contributed by atoms with E-state index < -0.39 is 0 Å². The highest BCUT2D eigenvalue weighted by Crippen LogP contribution is 2.40. The summed E-state index contributed by atoms with van der Waals surface area (Å²) < 4.78 is 10.8. The Morgan fingerprint density at radius 2 is 2.00 bits per heavy atom. The lowest BCUT2D eigenvalue weighted by Gasteiger charge is -2.37. The largest absolute Gasteiger partial charge is 0.492 e. The second kappa shape index (κ2) is 9.00. The molecule has 2 N–H and O–H groups in total. The molecule has 1 saturated carbocycles. The summed E-state index contributed by atoms with van der Waals surface area (Å²) in [5.41, 5.74) is 6.53. The van der Waals surface area contributed by atoms with Crippen LogP contribution in [0.1, 0.15) is 71.6 Å². The number of rotatable bonds is 8. The Hall–Kier alpha value is -2.67. The first kappa shape index (κ1) is 20.6. The zero-order chi connectivity index (χ0) is 21.1. The normalized spacial score (nSPS) is 21.5. The Morgan fingerprint density at radius 3 is 2.67 bits per heavy atom. The highest BCUT2D eigenvalue weighted by atomic mass is 16.5. The smallest absolute Gasteiger partial charge is 0.254 e. The van der Waals surface area contributed by atoms with Crippen LogP contribution >= 0.6 is 0 Å². The average molecular weight is 412 g/mol. The maximum absolute atomic E-state index is 12.9. The summed E-state index contributed by atoms with van der Waals surface area (Å²) in [7, 11) is 0. The maximum Gasteiger partial charge on any atom is 0.254 e. The molecule has 2 aromatic rings. The van der Waals surface area contributed by atoms with Crippen molar-refractivity contribution in [2.45, 2.75) is 51.0 Å². The summed E-state index contributed by atoms with van der Waals surface area (Å²) >= 11 is 0. The van der Waals surface area contributed by atoms with Crippen molar-refractivity contribution in [3.63, 3.8) is 0 Å². The first-order valence-corrected chi connectivity index (χ1v) is 10.8.